The molecule has 20 heavy (non-hydrogen) atoms. The molecule has 1 aliphatic rings. The molecule has 0 amide bonds. The van der Waals surface area contributed by atoms with Gasteiger partial charge in [0.05, 0.1) is 11.5 Å². The molecular weight excluding hydrogens is 258 g/mol. The van der Waals surface area contributed by atoms with E-state index in [-0.39, 0.29) is 12.2 Å². The molecular formula is C14H21N3O3. The lowest BCUT2D eigenvalue weighted by Gasteiger charge is -2.15. The highest BCUT2D eigenvalue weighted by atomic mass is 16.6. The fraction of sp³-hybridized carbons (Fsp3) is 0.571. The third-order valence-corrected chi connectivity index (χ3v) is 3.55. The number of likely N-dealkylation sites (tertiary alicyclic amines) is 1. The van der Waals surface area contributed by atoms with E-state index in [4.69, 9.17) is 10.5 Å². The molecule has 1 heterocycles. The van der Waals surface area contributed by atoms with Gasteiger partial charge in [0, 0.05) is 30.8 Å². The third kappa shape index (κ3) is 3.91. The number of hydrogen-bond donors (Lipinski definition) is 1. The number of benzene rings is 1. The Labute approximate surface area is 118 Å². The van der Waals surface area contributed by atoms with Gasteiger partial charge in [0.15, 0.2) is 0 Å². The van der Waals surface area contributed by atoms with Crippen LogP contribution in [0, 0.1) is 10.1 Å². The van der Waals surface area contributed by atoms with Crippen LogP contribution in [-0.4, -0.2) is 36.1 Å². The molecule has 0 bridgehead atoms. The molecule has 0 aromatic heterocycles. The molecule has 6 heteroatoms. The van der Waals surface area contributed by atoms with Gasteiger partial charge in [-0.05, 0) is 38.4 Å². The Hall–Kier alpha value is -1.66. The zero-order valence-electron chi connectivity index (χ0n) is 11.6. The Morgan fingerprint density at radius 1 is 1.35 bits per heavy atom. The minimum atomic E-state index is -0.420. The fourth-order valence-electron chi connectivity index (χ4n) is 2.46. The van der Waals surface area contributed by atoms with Crippen LogP contribution in [0.2, 0.25) is 0 Å². The van der Waals surface area contributed by atoms with E-state index in [1.54, 1.807) is 6.07 Å². The van der Waals surface area contributed by atoms with Crippen molar-refractivity contribution in [2.24, 2.45) is 5.73 Å². The van der Waals surface area contributed by atoms with Crippen LogP contribution in [0.25, 0.3) is 0 Å². The maximum absolute atomic E-state index is 10.7. The first kappa shape index (κ1) is 14.7. The molecule has 6 nitrogen and oxygen atoms in total. The number of hydrogen-bond acceptors (Lipinski definition) is 5. The molecule has 1 saturated heterocycles. The summed E-state index contributed by atoms with van der Waals surface area (Å²) in [6.07, 6.45) is 3.54. The van der Waals surface area contributed by atoms with Gasteiger partial charge in [-0.15, -0.1) is 0 Å². The van der Waals surface area contributed by atoms with Crippen LogP contribution in [0.1, 0.15) is 24.8 Å². The largest absolute Gasteiger partial charge is 0.493 e. The standard InChI is InChI=1S/C14H21N3O3/c15-11-12-10-13(17(18)19)4-5-14(12)20-9-3-8-16-6-1-2-7-16/h4-5,10H,1-3,6-9,11,15H2. The number of nitrogens with zero attached hydrogens (tertiary/aromatic N) is 2. The van der Waals surface area contributed by atoms with Gasteiger partial charge in [-0.2, -0.15) is 0 Å². The second kappa shape index (κ2) is 7.21. The zero-order chi connectivity index (χ0) is 14.4. The van der Waals surface area contributed by atoms with Crippen molar-refractivity contribution < 1.29 is 9.66 Å². The maximum atomic E-state index is 10.7. The summed E-state index contributed by atoms with van der Waals surface area (Å²) >= 11 is 0. The SMILES string of the molecule is NCc1cc([N+](=O)[O-])ccc1OCCCN1CCCC1. The number of nitro groups is 1. The normalized spacial score (nSPS) is 15.4. The smallest absolute Gasteiger partial charge is 0.270 e. The first-order valence-electron chi connectivity index (χ1n) is 7.03. The molecule has 0 aliphatic carbocycles. The summed E-state index contributed by atoms with van der Waals surface area (Å²) in [6, 6.07) is 4.57. The minimum Gasteiger partial charge on any atom is -0.493 e. The molecule has 0 unspecified atom stereocenters. The molecule has 1 fully saturated rings. The predicted octanol–water partition coefficient (Wildman–Crippen LogP) is 1.92. The zero-order valence-corrected chi connectivity index (χ0v) is 11.6. The second-order valence-corrected chi connectivity index (χ2v) is 5.00. The summed E-state index contributed by atoms with van der Waals surface area (Å²) in [7, 11) is 0. The lowest BCUT2D eigenvalue weighted by atomic mass is 10.2. The van der Waals surface area contributed by atoms with Crippen molar-refractivity contribution in [3.63, 3.8) is 0 Å². The predicted molar refractivity (Wildman–Crippen MR) is 76.8 cm³/mol. The third-order valence-electron chi connectivity index (χ3n) is 3.55. The molecule has 2 rings (SSSR count). The number of nitro benzene ring substituents is 1. The Bertz CT molecular complexity index is 459. The fourth-order valence-corrected chi connectivity index (χ4v) is 2.46. The summed E-state index contributed by atoms with van der Waals surface area (Å²) in [4.78, 5) is 12.7. The highest BCUT2D eigenvalue weighted by Gasteiger charge is 2.12. The van der Waals surface area contributed by atoms with Gasteiger partial charge in [0.1, 0.15) is 5.75 Å². The van der Waals surface area contributed by atoms with E-state index >= 15 is 0 Å². The van der Waals surface area contributed by atoms with Gasteiger partial charge in [-0.25, -0.2) is 0 Å². The van der Waals surface area contributed by atoms with Crippen LogP contribution in [-0.2, 0) is 6.54 Å². The van der Waals surface area contributed by atoms with Gasteiger partial charge in [0.2, 0.25) is 0 Å². The van der Waals surface area contributed by atoms with E-state index in [1.807, 2.05) is 0 Å². The van der Waals surface area contributed by atoms with Crippen molar-refractivity contribution in [1.29, 1.82) is 0 Å². The van der Waals surface area contributed by atoms with Crippen molar-refractivity contribution in [3.8, 4) is 5.75 Å². The summed E-state index contributed by atoms with van der Waals surface area (Å²) in [5.41, 5.74) is 6.34. The average Bonchev–Trinajstić information content (AvgIpc) is 2.96. The Balaban J connectivity index is 1.83. The molecule has 110 valence electrons. The lowest BCUT2D eigenvalue weighted by Crippen LogP contribution is -2.22. The lowest BCUT2D eigenvalue weighted by molar-refractivity contribution is -0.384. The number of ether oxygens (including phenoxy) is 1. The van der Waals surface area contributed by atoms with E-state index in [2.05, 4.69) is 4.90 Å². The first-order chi connectivity index (χ1) is 9.70. The summed E-state index contributed by atoms with van der Waals surface area (Å²) in [6.45, 7) is 4.27. The van der Waals surface area contributed by atoms with Crippen molar-refractivity contribution in [1.82, 2.24) is 4.90 Å². The number of rotatable bonds is 7. The summed E-state index contributed by atoms with van der Waals surface area (Å²) in [5, 5.41) is 10.7. The molecule has 0 spiro atoms. The monoisotopic (exact) mass is 279 g/mol. The molecule has 1 aromatic rings. The van der Waals surface area contributed by atoms with E-state index in [9.17, 15) is 10.1 Å². The molecule has 0 saturated carbocycles. The van der Waals surface area contributed by atoms with E-state index in [0.717, 1.165) is 13.0 Å². The van der Waals surface area contributed by atoms with E-state index in [1.165, 1.54) is 38.1 Å². The van der Waals surface area contributed by atoms with Crippen LogP contribution in [0.15, 0.2) is 18.2 Å². The van der Waals surface area contributed by atoms with Crippen LogP contribution in [0.4, 0.5) is 5.69 Å². The van der Waals surface area contributed by atoms with Crippen LogP contribution < -0.4 is 10.5 Å². The topological polar surface area (TPSA) is 81.6 Å². The highest BCUT2D eigenvalue weighted by molar-refractivity contribution is 5.43. The van der Waals surface area contributed by atoms with Gasteiger partial charge in [0.25, 0.3) is 5.69 Å². The van der Waals surface area contributed by atoms with Crippen molar-refractivity contribution >= 4 is 5.69 Å². The van der Waals surface area contributed by atoms with Gasteiger partial charge >= 0.3 is 0 Å². The van der Waals surface area contributed by atoms with Gasteiger partial charge < -0.3 is 15.4 Å². The summed E-state index contributed by atoms with van der Waals surface area (Å²) < 4.78 is 5.69. The number of non-ortho nitro benzene ring substituents is 1. The Kier molecular flexibility index (Phi) is 5.31. The summed E-state index contributed by atoms with van der Waals surface area (Å²) in [5.74, 6) is 0.652. The molecule has 2 N–H and O–H groups in total. The van der Waals surface area contributed by atoms with Crippen LogP contribution in [0.5, 0.6) is 5.75 Å². The molecule has 1 aromatic carbocycles. The second-order valence-electron chi connectivity index (χ2n) is 5.00. The van der Waals surface area contributed by atoms with Crippen molar-refractivity contribution in [3.05, 3.63) is 33.9 Å². The highest BCUT2D eigenvalue weighted by Crippen LogP contribution is 2.24. The number of nitrogens with two attached hydrogens (primary N) is 1. The Morgan fingerprint density at radius 2 is 2.10 bits per heavy atom. The van der Waals surface area contributed by atoms with Crippen LogP contribution in [0.3, 0.4) is 0 Å². The van der Waals surface area contributed by atoms with Crippen LogP contribution >= 0.6 is 0 Å². The maximum Gasteiger partial charge on any atom is 0.270 e. The van der Waals surface area contributed by atoms with Gasteiger partial charge in [-0.3, -0.25) is 10.1 Å². The van der Waals surface area contributed by atoms with Crippen molar-refractivity contribution in [2.75, 3.05) is 26.2 Å². The van der Waals surface area contributed by atoms with Gasteiger partial charge in [-0.1, -0.05) is 0 Å². The van der Waals surface area contributed by atoms with E-state index in [0.29, 0.717) is 17.9 Å². The first-order valence-corrected chi connectivity index (χ1v) is 7.03. The average molecular weight is 279 g/mol. The molecule has 1 aliphatic heterocycles. The molecule has 0 atom stereocenters. The Morgan fingerprint density at radius 3 is 2.75 bits per heavy atom. The molecule has 0 radical (unpaired) electrons. The quantitative estimate of drug-likeness (QED) is 0.468. The van der Waals surface area contributed by atoms with Crippen molar-refractivity contribution in [2.45, 2.75) is 25.8 Å². The van der Waals surface area contributed by atoms with E-state index < -0.39 is 4.92 Å². The minimum absolute atomic E-state index is 0.0508.